The zero-order chi connectivity index (χ0) is 27.0. The van der Waals surface area contributed by atoms with Gasteiger partial charge in [0, 0.05) is 6.54 Å². The van der Waals surface area contributed by atoms with E-state index in [1.54, 1.807) is 41.8 Å². The molecular weight excluding hydrogens is 505 g/mol. The van der Waals surface area contributed by atoms with Crippen molar-refractivity contribution in [3.63, 3.8) is 0 Å². The van der Waals surface area contributed by atoms with Gasteiger partial charge < -0.3 is 24.5 Å². The van der Waals surface area contributed by atoms with E-state index >= 15 is 0 Å². The van der Waals surface area contributed by atoms with Crippen LogP contribution in [0.4, 0.5) is 5.95 Å². The molecule has 3 atom stereocenters. The molecule has 1 aromatic carbocycles. The average molecular weight is 535 g/mol. The number of nitrogens with zero attached hydrogens (tertiary/aromatic N) is 3. The Bertz CT molecular complexity index is 1330. The van der Waals surface area contributed by atoms with Gasteiger partial charge in [0.2, 0.25) is 13.4 Å². The third-order valence-electron chi connectivity index (χ3n) is 5.00. The lowest BCUT2D eigenvalue weighted by atomic mass is 10.3. The molecule has 0 amide bonds. The predicted molar refractivity (Wildman–Crippen MR) is 135 cm³/mol. The van der Waals surface area contributed by atoms with Gasteiger partial charge in [0.1, 0.15) is 24.2 Å². The number of para-hydroxylation sites is 1. The summed E-state index contributed by atoms with van der Waals surface area (Å²) in [5.41, 5.74) is 5.54. The number of H-pyrrole nitrogens is 1. The molecule has 3 rings (SSSR count). The molecule has 15 heteroatoms. The van der Waals surface area contributed by atoms with E-state index < -0.39 is 37.0 Å². The van der Waals surface area contributed by atoms with Gasteiger partial charge in [-0.2, -0.15) is 4.98 Å². The number of benzene rings is 1. The quantitative estimate of drug-likeness (QED) is 0.105. The first kappa shape index (κ1) is 28.0. The summed E-state index contributed by atoms with van der Waals surface area (Å²) in [5, 5.41) is 5.43. The molecule has 0 aliphatic heterocycles. The Kier molecular flexibility index (Phi) is 9.53. The lowest BCUT2D eigenvalue weighted by molar-refractivity contribution is -0.144. The minimum absolute atomic E-state index is 0.0455. The van der Waals surface area contributed by atoms with Crippen LogP contribution in [0, 0.1) is 0 Å². The Labute approximate surface area is 212 Å². The first-order chi connectivity index (χ1) is 17.6. The fourth-order valence-electron chi connectivity index (χ4n) is 3.29. The number of anilines is 1. The molecule has 3 aromatic rings. The van der Waals surface area contributed by atoms with Crippen LogP contribution >= 0.6 is 7.44 Å². The number of rotatable bonds is 13. The van der Waals surface area contributed by atoms with Gasteiger partial charge >= 0.3 is 11.9 Å². The second-order valence-corrected chi connectivity index (χ2v) is 10.3. The number of carbonyl (C=O) groups excluding carboxylic acids is 2. The fourth-order valence-corrected chi connectivity index (χ4v) is 5.37. The molecule has 0 saturated carbocycles. The molecule has 2 unspecified atom stereocenters. The van der Waals surface area contributed by atoms with Crippen LogP contribution in [0.1, 0.15) is 20.8 Å². The summed E-state index contributed by atoms with van der Waals surface area (Å²) in [5.74, 6) is -0.998. The highest BCUT2D eigenvalue weighted by atomic mass is 31.2. The maximum Gasteiger partial charge on any atom is 0.328 e. The molecule has 0 spiro atoms. The Morgan fingerprint density at radius 2 is 1.84 bits per heavy atom. The minimum atomic E-state index is -3.68. The zero-order valence-electron chi connectivity index (χ0n) is 20.7. The van der Waals surface area contributed by atoms with E-state index in [9.17, 15) is 18.9 Å². The molecule has 0 aliphatic rings. The molecular formula is C22H30N7O7P. The molecule has 37 heavy (non-hydrogen) atoms. The Hall–Kier alpha value is -3.58. The van der Waals surface area contributed by atoms with Crippen LogP contribution < -0.4 is 26.2 Å². The van der Waals surface area contributed by atoms with Gasteiger partial charge in [0.05, 0.1) is 19.5 Å². The lowest BCUT2D eigenvalue weighted by Gasteiger charge is -2.26. The number of ether oxygens (including phenoxy) is 3. The van der Waals surface area contributed by atoms with E-state index in [-0.39, 0.29) is 43.2 Å². The molecule has 0 fully saturated rings. The van der Waals surface area contributed by atoms with Crippen molar-refractivity contribution in [3.8, 4) is 5.75 Å². The van der Waals surface area contributed by atoms with Crippen molar-refractivity contribution in [2.24, 2.45) is 0 Å². The monoisotopic (exact) mass is 535 g/mol. The lowest BCUT2D eigenvalue weighted by Crippen LogP contribution is -2.43. The topological polar surface area (TPSA) is 193 Å². The van der Waals surface area contributed by atoms with Crippen molar-refractivity contribution in [3.05, 3.63) is 47.0 Å². The van der Waals surface area contributed by atoms with E-state index in [4.69, 9.17) is 19.9 Å². The second kappa shape index (κ2) is 12.6. The molecule has 0 radical (unpaired) electrons. The number of nitrogens with two attached hydrogens (primary N) is 1. The number of esters is 2. The van der Waals surface area contributed by atoms with Crippen molar-refractivity contribution < 1.29 is 28.4 Å². The summed E-state index contributed by atoms with van der Waals surface area (Å²) in [4.78, 5) is 47.1. The molecule has 2 aromatic heterocycles. The van der Waals surface area contributed by atoms with E-state index in [2.05, 4.69) is 25.1 Å². The van der Waals surface area contributed by atoms with Crippen LogP contribution in [0.5, 0.6) is 5.75 Å². The van der Waals surface area contributed by atoms with Gasteiger partial charge in [-0.1, -0.05) is 18.2 Å². The predicted octanol–water partition coefficient (Wildman–Crippen LogP) is 0.994. The number of hydrogen-bond donors (Lipinski definition) is 4. The van der Waals surface area contributed by atoms with Crippen LogP contribution in [0.15, 0.2) is 41.5 Å². The fraction of sp³-hybridized carbons (Fsp3) is 0.409. The Morgan fingerprint density at radius 1 is 1.16 bits per heavy atom. The van der Waals surface area contributed by atoms with Crippen LogP contribution in [0.25, 0.3) is 11.2 Å². The largest absolute Gasteiger partial charge is 0.465 e. The number of nitrogen functional groups attached to an aromatic ring is 1. The maximum atomic E-state index is 13.7. The highest BCUT2D eigenvalue weighted by Crippen LogP contribution is 2.37. The number of nitrogens with one attached hydrogen (secondary N) is 3. The number of hydrogen-bond acceptors (Lipinski definition) is 10. The Balaban J connectivity index is 1.66. The van der Waals surface area contributed by atoms with Gasteiger partial charge in [-0.15, -0.1) is 0 Å². The van der Waals surface area contributed by atoms with Gasteiger partial charge in [0.25, 0.3) is 5.56 Å². The maximum absolute atomic E-state index is 13.7. The number of aromatic nitrogens is 4. The van der Waals surface area contributed by atoms with Crippen LogP contribution in [0.2, 0.25) is 0 Å². The summed E-state index contributed by atoms with van der Waals surface area (Å²) in [6.07, 6.45) is 1.04. The van der Waals surface area contributed by atoms with Gasteiger partial charge in [-0.05, 0) is 32.9 Å². The summed E-state index contributed by atoms with van der Waals surface area (Å²) < 4.78 is 31.2. The standard InChI is InChI=1S/C22H30N7O7P/c1-4-35-20(31)14(2)27-37(33,28-15(3)21(32)36-16-8-6-5-7-9-16)13-34-11-10-29-12-24-17-18(29)25-22(23)26-19(17)30/h5-9,12,14-15H,4,10-11,13H2,1-3H3,(H2,27,28,33)(H3,23,25,26,30)/t14-,15?,37?/m1/s1. The zero-order valence-corrected chi connectivity index (χ0v) is 21.6. The third kappa shape index (κ3) is 7.70. The summed E-state index contributed by atoms with van der Waals surface area (Å²) in [7, 11) is -3.68. The van der Waals surface area contributed by atoms with Crippen molar-refractivity contribution in [1.82, 2.24) is 29.7 Å². The van der Waals surface area contributed by atoms with Crippen molar-refractivity contribution in [2.75, 3.05) is 25.3 Å². The summed E-state index contributed by atoms with van der Waals surface area (Å²) in [6, 6.07) is 6.48. The number of imidazole rings is 1. The minimum Gasteiger partial charge on any atom is -0.465 e. The van der Waals surface area contributed by atoms with Crippen LogP contribution in [-0.2, 0) is 30.2 Å². The average Bonchev–Trinajstić information content (AvgIpc) is 3.25. The number of carbonyl (C=O) groups is 2. The molecule has 5 N–H and O–H groups in total. The SMILES string of the molecule is CCOC(=O)[C@@H](C)NP(=O)(COCCn1cnc2c(=O)[nH]c(N)nc21)NC(C)C(=O)Oc1ccccc1. The van der Waals surface area contributed by atoms with Gasteiger partial charge in [-0.25, -0.2) is 20.0 Å². The highest BCUT2D eigenvalue weighted by Gasteiger charge is 2.32. The first-order valence-corrected chi connectivity index (χ1v) is 13.4. The highest BCUT2D eigenvalue weighted by molar-refractivity contribution is 7.59. The van der Waals surface area contributed by atoms with Crippen molar-refractivity contribution in [2.45, 2.75) is 39.4 Å². The molecule has 14 nitrogen and oxygen atoms in total. The smallest absolute Gasteiger partial charge is 0.328 e. The summed E-state index contributed by atoms with van der Waals surface area (Å²) in [6.45, 7) is 5.04. The molecule has 200 valence electrons. The van der Waals surface area contributed by atoms with E-state index in [1.807, 2.05) is 0 Å². The van der Waals surface area contributed by atoms with E-state index in [0.29, 0.717) is 5.75 Å². The third-order valence-corrected chi connectivity index (χ3v) is 7.16. The second-order valence-electron chi connectivity index (χ2n) is 8.03. The van der Waals surface area contributed by atoms with Crippen LogP contribution in [0.3, 0.4) is 0 Å². The van der Waals surface area contributed by atoms with E-state index in [0.717, 1.165) is 0 Å². The molecule has 0 aliphatic carbocycles. The van der Waals surface area contributed by atoms with Crippen molar-refractivity contribution in [1.29, 1.82) is 0 Å². The Morgan fingerprint density at radius 3 is 2.51 bits per heavy atom. The molecule has 2 heterocycles. The van der Waals surface area contributed by atoms with Crippen LogP contribution in [-0.4, -0.2) is 63.1 Å². The van der Waals surface area contributed by atoms with Gasteiger partial charge in [0.15, 0.2) is 11.2 Å². The van der Waals surface area contributed by atoms with Gasteiger partial charge in [-0.3, -0.25) is 19.1 Å². The molecule has 0 bridgehead atoms. The van der Waals surface area contributed by atoms with E-state index in [1.165, 1.54) is 20.2 Å². The number of fused-ring (bicyclic) bond motifs is 1. The normalized spacial score (nSPS) is 14.6. The summed E-state index contributed by atoms with van der Waals surface area (Å²) >= 11 is 0. The van der Waals surface area contributed by atoms with Crippen molar-refractivity contribution >= 4 is 36.5 Å². The number of aromatic amines is 1. The first-order valence-electron chi connectivity index (χ1n) is 11.5. The molecule has 0 saturated heterocycles.